The quantitative estimate of drug-likeness (QED) is 0.619. The first-order chi connectivity index (χ1) is 9.10. The van der Waals surface area contributed by atoms with Gasteiger partial charge in [0.25, 0.3) is 0 Å². The molecule has 0 bridgehead atoms. The molecule has 1 heterocycles. The predicted octanol–water partition coefficient (Wildman–Crippen LogP) is 1.74. The van der Waals surface area contributed by atoms with Crippen LogP contribution in [-0.4, -0.2) is 5.97 Å². The first kappa shape index (κ1) is 12.6. The highest BCUT2D eigenvalue weighted by Gasteiger charge is 2.05. The fourth-order valence-electron chi connectivity index (χ4n) is 1.48. The number of nitrogens with zero attached hydrogens (tertiary/aromatic N) is 1. The zero-order valence-electron chi connectivity index (χ0n) is 9.59. The van der Waals surface area contributed by atoms with Gasteiger partial charge in [-0.05, 0) is 36.4 Å². The van der Waals surface area contributed by atoms with Crippen LogP contribution in [0.4, 0.5) is 4.39 Å². The fraction of sp³-hybridized carbons (Fsp3) is 0. The van der Waals surface area contributed by atoms with E-state index < -0.39 is 11.5 Å². The molecule has 2 rings (SSSR count). The van der Waals surface area contributed by atoms with Crippen molar-refractivity contribution in [3.63, 3.8) is 0 Å². The van der Waals surface area contributed by atoms with Crippen LogP contribution in [0.5, 0.6) is 0 Å². The molecule has 0 amide bonds. The van der Waals surface area contributed by atoms with Crippen molar-refractivity contribution >= 4 is 12.0 Å². The van der Waals surface area contributed by atoms with Crippen LogP contribution in [0, 0.1) is 17.1 Å². The zero-order valence-corrected chi connectivity index (χ0v) is 9.59. The number of aliphatic carboxylic acids is 1. The number of furan rings is 1. The molecule has 0 aliphatic heterocycles. The molecule has 0 aliphatic rings. The molecule has 1 aromatic heterocycles. The van der Waals surface area contributed by atoms with Gasteiger partial charge in [-0.15, -0.1) is 0 Å². The van der Waals surface area contributed by atoms with E-state index in [1.165, 1.54) is 36.4 Å². The number of carbonyl (C=O) groups excluding carboxylic acids is 1. The van der Waals surface area contributed by atoms with Crippen LogP contribution < -0.4 is 5.11 Å². The molecule has 0 radical (unpaired) electrons. The van der Waals surface area contributed by atoms with Gasteiger partial charge in [-0.25, -0.2) is 4.39 Å². The van der Waals surface area contributed by atoms with Gasteiger partial charge in [0, 0.05) is 11.6 Å². The van der Waals surface area contributed by atoms with Gasteiger partial charge >= 0.3 is 0 Å². The molecule has 19 heavy (non-hydrogen) atoms. The Kier molecular flexibility index (Phi) is 3.44. The van der Waals surface area contributed by atoms with Crippen molar-refractivity contribution in [2.24, 2.45) is 0 Å². The Balaban J connectivity index is 2.32. The minimum Gasteiger partial charge on any atom is -0.544 e. The van der Waals surface area contributed by atoms with E-state index in [4.69, 9.17) is 9.68 Å². The monoisotopic (exact) mass is 256 g/mol. The van der Waals surface area contributed by atoms with Gasteiger partial charge in [-0.3, -0.25) is 0 Å². The molecule has 0 aliphatic carbocycles. The number of carboxylic acids is 1. The summed E-state index contributed by atoms with van der Waals surface area (Å²) in [7, 11) is 0. The molecule has 1 aromatic carbocycles. The Morgan fingerprint density at radius 3 is 2.53 bits per heavy atom. The summed E-state index contributed by atoms with van der Waals surface area (Å²) in [4.78, 5) is 10.6. The minimum atomic E-state index is -1.57. The average Bonchev–Trinajstić information content (AvgIpc) is 2.85. The molecule has 2 aromatic rings. The smallest absolute Gasteiger partial charge is 0.134 e. The Morgan fingerprint density at radius 2 is 1.95 bits per heavy atom. The first-order valence-electron chi connectivity index (χ1n) is 5.29. The number of nitriles is 1. The Morgan fingerprint density at radius 1 is 1.26 bits per heavy atom. The SMILES string of the molecule is N#C/C(=C\c1ccc(-c2ccc(F)cc2)o1)C(=O)[O-]. The number of rotatable bonds is 3. The second-order valence-corrected chi connectivity index (χ2v) is 3.67. The summed E-state index contributed by atoms with van der Waals surface area (Å²) in [6, 6.07) is 10.2. The molecule has 0 spiro atoms. The third kappa shape index (κ3) is 2.87. The molecule has 0 saturated carbocycles. The maximum absolute atomic E-state index is 12.8. The summed E-state index contributed by atoms with van der Waals surface area (Å²) in [6.45, 7) is 0. The van der Waals surface area contributed by atoms with E-state index in [9.17, 15) is 14.3 Å². The van der Waals surface area contributed by atoms with Gasteiger partial charge in [-0.1, -0.05) is 0 Å². The van der Waals surface area contributed by atoms with Gasteiger partial charge in [0.15, 0.2) is 0 Å². The number of carboxylic acid groups (broad SMARTS) is 1. The second-order valence-electron chi connectivity index (χ2n) is 3.67. The molecule has 0 N–H and O–H groups in total. The van der Waals surface area contributed by atoms with Crippen LogP contribution in [-0.2, 0) is 4.79 Å². The second kappa shape index (κ2) is 5.19. The third-order valence-electron chi connectivity index (χ3n) is 2.38. The Bertz CT molecular complexity index is 677. The summed E-state index contributed by atoms with van der Waals surface area (Å²) in [5, 5.41) is 19.2. The third-order valence-corrected chi connectivity index (χ3v) is 2.38. The maximum Gasteiger partial charge on any atom is 0.134 e. The van der Waals surface area contributed by atoms with E-state index >= 15 is 0 Å². The van der Waals surface area contributed by atoms with Crippen molar-refractivity contribution in [1.82, 2.24) is 0 Å². The van der Waals surface area contributed by atoms with Crippen LogP contribution >= 0.6 is 0 Å². The lowest BCUT2D eigenvalue weighted by Gasteiger charge is -1.98. The Labute approximate surface area is 108 Å². The molecular weight excluding hydrogens is 249 g/mol. The summed E-state index contributed by atoms with van der Waals surface area (Å²) < 4.78 is 18.1. The maximum atomic E-state index is 12.8. The van der Waals surface area contributed by atoms with Crippen molar-refractivity contribution < 1.29 is 18.7 Å². The van der Waals surface area contributed by atoms with Gasteiger partial charge in [0.05, 0.1) is 11.5 Å². The predicted molar refractivity (Wildman–Crippen MR) is 62.7 cm³/mol. The van der Waals surface area contributed by atoms with Gasteiger partial charge in [-0.2, -0.15) is 5.26 Å². The van der Waals surface area contributed by atoms with Gasteiger partial charge < -0.3 is 14.3 Å². The van der Waals surface area contributed by atoms with Crippen LogP contribution in [0.3, 0.4) is 0 Å². The molecule has 0 fully saturated rings. The van der Waals surface area contributed by atoms with E-state index in [1.807, 2.05) is 0 Å². The molecule has 0 saturated heterocycles. The van der Waals surface area contributed by atoms with Crippen molar-refractivity contribution in [3.8, 4) is 17.4 Å². The van der Waals surface area contributed by atoms with Gasteiger partial charge in [0.2, 0.25) is 0 Å². The van der Waals surface area contributed by atoms with E-state index in [0.29, 0.717) is 11.3 Å². The van der Waals surface area contributed by atoms with Crippen molar-refractivity contribution in [2.45, 2.75) is 0 Å². The fourth-order valence-corrected chi connectivity index (χ4v) is 1.48. The van der Waals surface area contributed by atoms with Crippen LogP contribution in [0.2, 0.25) is 0 Å². The summed E-state index contributed by atoms with van der Waals surface area (Å²) >= 11 is 0. The molecular formula is C14H7FNO3-. The first-order valence-corrected chi connectivity index (χ1v) is 5.29. The van der Waals surface area contributed by atoms with Crippen molar-refractivity contribution in [2.75, 3.05) is 0 Å². The van der Waals surface area contributed by atoms with E-state index in [1.54, 1.807) is 6.07 Å². The normalized spacial score (nSPS) is 11.1. The summed E-state index contributed by atoms with van der Waals surface area (Å²) in [5.74, 6) is -1.27. The number of hydrogen-bond acceptors (Lipinski definition) is 4. The number of carbonyl (C=O) groups is 1. The molecule has 4 nitrogen and oxygen atoms in total. The number of halogens is 1. The lowest BCUT2D eigenvalue weighted by Crippen LogP contribution is -2.23. The highest BCUT2D eigenvalue weighted by atomic mass is 19.1. The Hall–Kier alpha value is -2.87. The van der Waals surface area contributed by atoms with E-state index in [-0.39, 0.29) is 11.6 Å². The minimum absolute atomic E-state index is 0.208. The standard InChI is InChI=1S/C14H8FNO3/c15-11-3-1-9(2-4-11)13-6-5-12(19-13)7-10(8-16)14(17)18/h1-7H,(H,17,18)/p-1/b10-7+. The molecule has 94 valence electrons. The lowest BCUT2D eigenvalue weighted by atomic mass is 10.2. The zero-order chi connectivity index (χ0) is 13.8. The number of hydrogen-bond donors (Lipinski definition) is 0. The highest BCUT2D eigenvalue weighted by molar-refractivity contribution is 5.94. The van der Waals surface area contributed by atoms with E-state index in [0.717, 1.165) is 6.08 Å². The van der Waals surface area contributed by atoms with Gasteiger partial charge in [0.1, 0.15) is 23.4 Å². The highest BCUT2D eigenvalue weighted by Crippen LogP contribution is 2.23. The molecule has 0 unspecified atom stereocenters. The van der Waals surface area contributed by atoms with Crippen molar-refractivity contribution in [3.05, 3.63) is 53.5 Å². The van der Waals surface area contributed by atoms with Crippen LogP contribution in [0.15, 0.2) is 46.4 Å². The topological polar surface area (TPSA) is 77.1 Å². The van der Waals surface area contributed by atoms with E-state index in [2.05, 4.69) is 0 Å². The average molecular weight is 256 g/mol. The lowest BCUT2D eigenvalue weighted by molar-refractivity contribution is -0.298. The summed E-state index contributed by atoms with van der Waals surface area (Å²) in [6.07, 6.45) is 1.07. The molecule has 0 atom stereocenters. The van der Waals surface area contributed by atoms with Crippen molar-refractivity contribution in [1.29, 1.82) is 5.26 Å². The van der Waals surface area contributed by atoms with Crippen LogP contribution in [0.1, 0.15) is 5.76 Å². The largest absolute Gasteiger partial charge is 0.544 e. The van der Waals surface area contributed by atoms with Crippen LogP contribution in [0.25, 0.3) is 17.4 Å². The summed E-state index contributed by atoms with van der Waals surface area (Å²) in [5.41, 5.74) is 0.119. The number of benzene rings is 1. The molecule has 5 heteroatoms.